The fraction of sp³-hybridized carbons (Fsp3) is 0.923. The van der Waals surface area contributed by atoms with Crippen LogP contribution in [0.25, 0.3) is 0 Å². The maximum absolute atomic E-state index is 6.14. The molecule has 0 saturated heterocycles. The first-order valence-electron chi connectivity index (χ1n) is 6.80. The third-order valence-corrected chi connectivity index (χ3v) is 6.75. The van der Waals surface area contributed by atoms with Gasteiger partial charge in [-0.2, -0.15) is 0 Å². The average Bonchev–Trinajstić information content (AvgIpc) is 2.24. The summed E-state index contributed by atoms with van der Waals surface area (Å²) in [4.78, 5) is 4.31. The molecule has 0 amide bonds. The SMILES string of the molecule is CCCN=CCCO[Si](C)(CCC)CCC. The van der Waals surface area contributed by atoms with E-state index >= 15 is 0 Å². The minimum atomic E-state index is -1.38. The van der Waals surface area contributed by atoms with Gasteiger partial charge in [-0.15, -0.1) is 0 Å². The average molecular weight is 243 g/mol. The molecule has 0 atom stereocenters. The topological polar surface area (TPSA) is 21.6 Å². The molecular formula is C13H29NOSi. The van der Waals surface area contributed by atoms with E-state index in [0.717, 1.165) is 26.0 Å². The van der Waals surface area contributed by atoms with Gasteiger partial charge in [0.05, 0.1) is 0 Å². The van der Waals surface area contributed by atoms with Crippen LogP contribution in [0.2, 0.25) is 18.6 Å². The van der Waals surface area contributed by atoms with Crippen LogP contribution >= 0.6 is 0 Å². The summed E-state index contributed by atoms with van der Waals surface area (Å²) in [5.74, 6) is 0. The number of hydrogen-bond donors (Lipinski definition) is 0. The lowest BCUT2D eigenvalue weighted by Gasteiger charge is -2.26. The van der Waals surface area contributed by atoms with Gasteiger partial charge < -0.3 is 4.43 Å². The Morgan fingerprint density at radius 3 is 2.19 bits per heavy atom. The van der Waals surface area contributed by atoms with Gasteiger partial charge in [0, 0.05) is 25.8 Å². The third-order valence-electron chi connectivity index (χ3n) is 2.74. The molecule has 16 heavy (non-hydrogen) atoms. The largest absolute Gasteiger partial charge is 0.417 e. The molecular weight excluding hydrogens is 214 g/mol. The van der Waals surface area contributed by atoms with Crippen molar-refractivity contribution in [3.63, 3.8) is 0 Å². The van der Waals surface area contributed by atoms with Gasteiger partial charge in [0.15, 0.2) is 8.32 Å². The van der Waals surface area contributed by atoms with Crippen LogP contribution in [-0.2, 0) is 4.43 Å². The van der Waals surface area contributed by atoms with Gasteiger partial charge in [-0.05, 0) is 25.1 Å². The standard InChI is InChI=1S/C13H29NOSi/c1-5-9-14-10-8-11-15-16(4,12-6-2)13-7-3/h10H,5-9,11-13H2,1-4H3. The summed E-state index contributed by atoms with van der Waals surface area (Å²) < 4.78 is 6.14. The summed E-state index contributed by atoms with van der Waals surface area (Å²) in [6, 6.07) is 2.60. The van der Waals surface area contributed by atoms with Crippen LogP contribution in [0.4, 0.5) is 0 Å². The van der Waals surface area contributed by atoms with Crippen molar-refractivity contribution in [3.05, 3.63) is 0 Å². The Balaban J connectivity index is 3.75. The van der Waals surface area contributed by atoms with Crippen molar-refractivity contribution < 1.29 is 4.43 Å². The van der Waals surface area contributed by atoms with Crippen molar-refractivity contribution in [2.45, 2.75) is 65.1 Å². The summed E-state index contributed by atoms with van der Waals surface area (Å²) in [7, 11) is -1.38. The van der Waals surface area contributed by atoms with Gasteiger partial charge in [-0.3, -0.25) is 4.99 Å². The lowest BCUT2D eigenvalue weighted by Crippen LogP contribution is -2.34. The molecule has 0 radical (unpaired) electrons. The molecule has 0 aliphatic rings. The smallest absolute Gasteiger partial charge is 0.189 e. The van der Waals surface area contributed by atoms with Crippen molar-refractivity contribution in [2.24, 2.45) is 4.99 Å². The van der Waals surface area contributed by atoms with Crippen LogP contribution in [0.3, 0.4) is 0 Å². The predicted molar refractivity (Wildman–Crippen MR) is 76.0 cm³/mol. The van der Waals surface area contributed by atoms with Gasteiger partial charge in [0.25, 0.3) is 0 Å². The van der Waals surface area contributed by atoms with Crippen molar-refractivity contribution >= 4 is 14.5 Å². The first kappa shape index (κ1) is 15.8. The van der Waals surface area contributed by atoms with E-state index in [4.69, 9.17) is 4.43 Å². The zero-order valence-corrected chi connectivity index (χ0v) is 12.6. The summed E-state index contributed by atoms with van der Waals surface area (Å²) in [6.45, 7) is 10.9. The molecule has 0 aliphatic heterocycles. The summed E-state index contributed by atoms with van der Waals surface area (Å²) in [5.41, 5.74) is 0. The normalized spacial score (nSPS) is 12.5. The summed E-state index contributed by atoms with van der Waals surface area (Å²) >= 11 is 0. The van der Waals surface area contributed by atoms with E-state index in [1.165, 1.54) is 24.9 Å². The van der Waals surface area contributed by atoms with Crippen molar-refractivity contribution in [1.29, 1.82) is 0 Å². The van der Waals surface area contributed by atoms with Crippen LogP contribution in [0.1, 0.15) is 46.5 Å². The predicted octanol–water partition coefficient (Wildman–Crippen LogP) is 4.27. The number of hydrogen-bond acceptors (Lipinski definition) is 2. The van der Waals surface area contributed by atoms with E-state index in [2.05, 4.69) is 32.3 Å². The van der Waals surface area contributed by atoms with Gasteiger partial charge in [-0.1, -0.05) is 33.6 Å². The molecule has 0 saturated carbocycles. The lowest BCUT2D eigenvalue weighted by atomic mass is 10.5. The Kier molecular flexibility index (Phi) is 9.93. The zero-order valence-electron chi connectivity index (χ0n) is 11.6. The van der Waals surface area contributed by atoms with Crippen molar-refractivity contribution in [2.75, 3.05) is 13.2 Å². The van der Waals surface area contributed by atoms with Crippen LogP contribution in [0, 0.1) is 0 Å². The molecule has 0 rings (SSSR count). The second-order valence-corrected chi connectivity index (χ2v) is 8.86. The minimum absolute atomic E-state index is 0.871. The van der Waals surface area contributed by atoms with Crippen LogP contribution in [0.5, 0.6) is 0 Å². The van der Waals surface area contributed by atoms with Crippen LogP contribution in [-0.4, -0.2) is 27.7 Å². The van der Waals surface area contributed by atoms with Gasteiger partial charge >= 0.3 is 0 Å². The Morgan fingerprint density at radius 1 is 1.06 bits per heavy atom. The molecule has 0 aliphatic carbocycles. The van der Waals surface area contributed by atoms with E-state index in [-0.39, 0.29) is 0 Å². The number of aliphatic imine (C=N–C) groups is 1. The first-order valence-corrected chi connectivity index (χ1v) is 9.63. The molecule has 0 bridgehead atoms. The van der Waals surface area contributed by atoms with Crippen molar-refractivity contribution in [3.8, 4) is 0 Å². The molecule has 0 N–H and O–H groups in total. The molecule has 0 unspecified atom stereocenters. The molecule has 0 aromatic rings. The maximum atomic E-state index is 6.14. The highest BCUT2D eigenvalue weighted by atomic mass is 28.4. The van der Waals surface area contributed by atoms with Crippen LogP contribution in [0.15, 0.2) is 4.99 Å². The molecule has 0 fully saturated rings. The Hall–Kier alpha value is -0.153. The number of nitrogens with zero attached hydrogens (tertiary/aromatic N) is 1. The third kappa shape index (κ3) is 8.05. The number of rotatable bonds is 10. The molecule has 0 aromatic heterocycles. The Bertz CT molecular complexity index is 177. The van der Waals surface area contributed by atoms with Crippen molar-refractivity contribution in [1.82, 2.24) is 0 Å². The summed E-state index contributed by atoms with van der Waals surface area (Å²) in [6.07, 6.45) is 6.65. The summed E-state index contributed by atoms with van der Waals surface area (Å²) in [5, 5.41) is 0. The lowest BCUT2D eigenvalue weighted by molar-refractivity contribution is 0.313. The maximum Gasteiger partial charge on any atom is 0.189 e. The van der Waals surface area contributed by atoms with Gasteiger partial charge in [0.2, 0.25) is 0 Å². The minimum Gasteiger partial charge on any atom is -0.417 e. The molecule has 0 spiro atoms. The quantitative estimate of drug-likeness (QED) is 0.319. The van der Waals surface area contributed by atoms with Crippen LogP contribution < -0.4 is 0 Å². The van der Waals surface area contributed by atoms with Gasteiger partial charge in [-0.25, -0.2) is 0 Å². The molecule has 3 heteroatoms. The molecule has 96 valence electrons. The molecule has 0 aromatic carbocycles. The molecule has 2 nitrogen and oxygen atoms in total. The van der Waals surface area contributed by atoms with Gasteiger partial charge in [0.1, 0.15) is 0 Å². The molecule has 0 heterocycles. The Morgan fingerprint density at radius 2 is 1.69 bits per heavy atom. The monoisotopic (exact) mass is 243 g/mol. The van der Waals surface area contributed by atoms with E-state index < -0.39 is 8.32 Å². The fourth-order valence-corrected chi connectivity index (χ4v) is 5.26. The first-order chi connectivity index (χ1) is 7.68. The highest BCUT2D eigenvalue weighted by molar-refractivity contribution is 6.72. The second kappa shape index (κ2) is 10.0. The fourth-order valence-electron chi connectivity index (χ4n) is 2.00. The highest BCUT2D eigenvalue weighted by Gasteiger charge is 2.26. The highest BCUT2D eigenvalue weighted by Crippen LogP contribution is 2.20. The van der Waals surface area contributed by atoms with E-state index in [1.54, 1.807) is 0 Å². The Labute approximate surface area is 103 Å². The van der Waals surface area contributed by atoms with E-state index in [1.807, 2.05) is 6.21 Å². The van der Waals surface area contributed by atoms with E-state index in [9.17, 15) is 0 Å². The second-order valence-electron chi connectivity index (χ2n) is 4.68. The van der Waals surface area contributed by atoms with E-state index in [0.29, 0.717) is 0 Å². The zero-order chi connectivity index (χ0) is 12.3.